The van der Waals surface area contributed by atoms with Gasteiger partial charge in [0, 0.05) is 24.1 Å². The molecule has 0 aromatic carbocycles. The van der Waals surface area contributed by atoms with Gasteiger partial charge >= 0.3 is 6.18 Å². The average Bonchev–Trinajstić information content (AvgIpc) is 2.73. The molecule has 0 N–H and O–H groups in total. The fourth-order valence-corrected chi connectivity index (χ4v) is 2.00. The molecular formula is C10H10BrF3N4. The molecule has 4 nitrogen and oxygen atoms in total. The van der Waals surface area contributed by atoms with Crippen molar-refractivity contribution in [1.82, 2.24) is 14.6 Å². The number of anilines is 1. The first kappa shape index (κ1) is 13.1. The van der Waals surface area contributed by atoms with Crippen molar-refractivity contribution in [2.75, 3.05) is 23.3 Å². The number of aromatic nitrogens is 3. The molecule has 0 saturated carbocycles. The molecule has 0 unspecified atom stereocenters. The standard InChI is InChI=1S/C10H10BrF3N4/c11-3-6-17(7-10(12,13)14)8-2-5-18-9(16-8)1-4-15-18/h1-2,4-5H,3,6-7H2. The Hall–Kier alpha value is -1.31. The summed E-state index contributed by atoms with van der Waals surface area (Å²) >= 11 is 3.14. The van der Waals surface area contributed by atoms with Crippen LogP contribution in [-0.4, -0.2) is 39.2 Å². The molecular weight excluding hydrogens is 313 g/mol. The smallest absolute Gasteiger partial charge is 0.347 e. The second kappa shape index (κ2) is 5.13. The van der Waals surface area contributed by atoms with Crippen LogP contribution < -0.4 is 4.90 Å². The third-order valence-corrected chi connectivity index (χ3v) is 2.65. The average molecular weight is 323 g/mol. The zero-order valence-corrected chi connectivity index (χ0v) is 10.8. The van der Waals surface area contributed by atoms with E-state index in [-0.39, 0.29) is 6.54 Å². The molecule has 0 bridgehead atoms. The van der Waals surface area contributed by atoms with Crippen molar-refractivity contribution in [2.45, 2.75) is 6.18 Å². The van der Waals surface area contributed by atoms with E-state index in [0.717, 1.165) is 0 Å². The molecule has 0 amide bonds. The van der Waals surface area contributed by atoms with Crippen LogP contribution in [0.2, 0.25) is 0 Å². The second-order valence-corrected chi connectivity index (χ2v) is 4.44. The van der Waals surface area contributed by atoms with Gasteiger partial charge in [-0.25, -0.2) is 9.50 Å². The summed E-state index contributed by atoms with van der Waals surface area (Å²) in [6.07, 6.45) is -1.11. The second-order valence-electron chi connectivity index (χ2n) is 3.65. The van der Waals surface area contributed by atoms with Crippen LogP contribution in [0.15, 0.2) is 24.5 Å². The van der Waals surface area contributed by atoms with E-state index in [4.69, 9.17) is 0 Å². The molecule has 0 aliphatic rings. The molecule has 0 radical (unpaired) electrons. The minimum atomic E-state index is -4.25. The van der Waals surface area contributed by atoms with Crippen LogP contribution in [-0.2, 0) is 0 Å². The summed E-state index contributed by atoms with van der Waals surface area (Å²) in [6, 6.07) is 3.16. The summed E-state index contributed by atoms with van der Waals surface area (Å²) in [4.78, 5) is 5.33. The van der Waals surface area contributed by atoms with E-state index in [1.807, 2.05) is 0 Å². The summed E-state index contributed by atoms with van der Waals surface area (Å²) in [5, 5.41) is 4.38. The van der Waals surface area contributed by atoms with E-state index in [0.29, 0.717) is 16.8 Å². The third kappa shape index (κ3) is 3.12. The lowest BCUT2D eigenvalue weighted by Crippen LogP contribution is -2.36. The van der Waals surface area contributed by atoms with Gasteiger partial charge in [0.25, 0.3) is 0 Å². The van der Waals surface area contributed by atoms with E-state index in [9.17, 15) is 13.2 Å². The maximum atomic E-state index is 12.5. The maximum Gasteiger partial charge on any atom is 0.405 e. The molecule has 0 aliphatic carbocycles. The normalized spacial score (nSPS) is 12.0. The number of nitrogens with zero attached hydrogens (tertiary/aromatic N) is 4. The minimum Gasteiger partial charge on any atom is -0.347 e. The van der Waals surface area contributed by atoms with Gasteiger partial charge in [-0.2, -0.15) is 18.3 Å². The fraction of sp³-hybridized carbons (Fsp3) is 0.400. The Morgan fingerprint density at radius 3 is 2.78 bits per heavy atom. The highest BCUT2D eigenvalue weighted by Crippen LogP contribution is 2.21. The van der Waals surface area contributed by atoms with Crippen LogP contribution in [0.1, 0.15) is 0 Å². The highest BCUT2D eigenvalue weighted by atomic mass is 79.9. The lowest BCUT2D eigenvalue weighted by molar-refractivity contribution is -0.119. The Bertz CT molecular complexity index is 525. The van der Waals surface area contributed by atoms with E-state index < -0.39 is 12.7 Å². The summed E-state index contributed by atoms with van der Waals surface area (Å²) < 4.78 is 38.9. The molecule has 2 heterocycles. The van der Waals surface area contributed by atoms with Crippen molar-refractivity contribution in [3.8, 4) is 0 Å². The molecule has 98 valence electrons. The Kier molecular flexibility index (Phi) is 3.74. The van der Waals surface area contributed by atoms with E-state index in [1.165, 1.54) is 15.5 Å². The van der Waals surface area contributed by atoms with Gasteiger partial charge in [0.2, 0.25) is 0 Å². The molecule has 0 aliphatic heterocycles. The molecule has 0 atom stereocenters. The Labute approximate surface area is 110 Å². The van der Waals surface area contributed by atoms with Crippen LogP contribution in [0.25, 0.3) is 5.65 Å². The van der Waals surface area contributed by atoms with Crippen LogP contribution in [0.3, 0.4) is 0 Å². The van der Waals surface area contributed by atoms with Crippen molar-refractivity contribution >= 4 is 27.4 Å². The molecule has 0 saturated heterocycles. The Morgan fingerprint density at radius 1 is 1.33 bits per heavy atom. The van der Waals surface area contributed by atoms with Crippen LogP contribution in [0, 0.1) is 0 Å². The van der Waals surface area contributed by atoms with Gasteiger partial charge in [-0.05, 0) is 6.07 Å². The quantitative estimate of drug-likeness (QED) is 0.811. The van der Waals surface area contributed by atoms with Gasteiger partial charge in [-0.15, -0.1) is 0 Å². The van der Waals surface area contributed by atoms with Gasteiger partial charge in [0.15, 0.2) is 5.65 Å². The lowest BCUT2D eigenvalue weighted by Gasteiger charge is -2.23. The number of hydrogen-bond acceptors (Lipinski definition) is 3. The molecule has 0 spiro atoms. The lowest BCUT2D eigenvalue weighted by atomic mass is 10.4. The number of alkyl halides is 4. The first-order valence-corrected chi connectivity index (χ1v) is 6.30. The highest BCUT2D eigenvalue weighted by Gasteiger charge is 2.31. The summed E-state index contributed by atoms with van der Waals surface area (Å²) in [7, 11) is 0. The Balaban J connectivity index is 2.28. The molecule has 8 heteroatoms. The summed E-state index contributed by atoms with van der Waals surface area (Å²) in [5.74, 6) is 0.291. The third-order valence-electron chi connectivity index (χ3n) is 2.29. The number of halogens is 4. The molecule has 2 aromatic heterocycles. The molecule has 2 rings (SSSR count). The molecule has 2 aromatic rings. The van der Waals surface area contributed by atoms with Crippen molar-refractivity contribution < 1.29 is 13.2 Å². The van der Waals surface area contributed by atoms with Gasteiger partial charge in [0.05, 0.1) is 6.20 Å². The van der Waals surface area contributed by atoms with Gasteiger partial charge in [-0.3, -0.25) is 0 Å². The SMILES string of the molecule is FC(F)(F)CN(CCBr)c1ccn2nccc2n1. The first-order chi connectivity index (χ1) is 8.49. The fourth-order valence-electron chi connectivity index (χ4n) is 1.57. The molecule has 0 fully saturated rings. The topological polar surface area (TPSA) is 33.4 Å². The number of rotatable bonds is 4. The zero-order chi connectivity index (χ0) is 13.2. The van der Waals surface area contributed by atoms with Crippen LogP contribution >= 0.6 is 15.9 Å². The minimum absolute atomic E-state index is 0.233. The predicted molar refractivity (Wildman–Crippen MR) is 65.0 cm³/mol. The first-order valence-electron chi connectivity index (χ1n) is 5.18. The monoisotopic (exact) mass is 322 g/mol. The number of fused-ring (bicyclic) bond motifs is 1. The van der Waals surface area contributed by atoms with E-state index >= 15 is 0 Å². The largest absolute Gasteiger partial charge is 0.405 e. The van der Waals surface area contributed by atoms with Crippen molar-refractivity contribution in [1.29, 1.82) is 0 Å². The van der Waals surface area contributed by atoms with Crippen molar-refractivity contribution in [3.63, 3.8) is 0 Å². The Morgan fingerprint density at radius 2 is 2.11 bits per heavy atom. The molecule has 18 heavy (non-hydrogen) atoms. The van der Waals surface area contributed by atoms with Crippen LogP contribution in [0.5, 0.6) is 0 Å². The zero-order valence-electron chi connectivity index (χ0n) is 9.23. The maximum absolute atomic E-state index is 12.5. The predicted octanol–water partition coefficient (Wildman–Crippen LogP) is 2.49. The van der Waals surface area contributed by atoms with Gasteiger partial charge in [-0.1, -0.05) is 15.9 Å². The highest BCUT2D eigenvalue weighted by molar-refractivity contribution is 9.09. The number of hydrogen-bond donors (Lipinski definition) is 0. The van der Waals surface area contributed by atoms with Crippen molar-refractivity contribution in [3.05, 3.63) is 24.5 Å². The van der Waals surface area contributed by atoms with Crippen molar-refractivity contribution in [2.24, 2.45) is 0 Å². The van der Waals surface area contributed by atoms with E-state index in [1.54, 1.807) is 18.5 Å². The van der Waals surface area contributed by atoms with E-state index in [2.05, 4.69) is 26.0 Å². The van der Waals surface area contributed by atoms with Gasteiger partial charge in [0.1, 0.15) is 12.4 Å². The van der Waals surface area contributed by atoms with Gasteiger partial charge < -0.3 is 4.90 Å². The summed E-state index contributed by atoms with van der Waals surface area (Å²) in [6.45, 7) is -0.785. The summed E-state index contributed by atoms with van der Waals surface area (Å²) in [5.41, 5.74) is 0.522. The van der Waals surface area contributed by atoms with Crippen LogP contribution in [0.4, 0.5) is 19.0 Å².